The van der Waals surface area contributed by atoms with Crippen molar-refractivity contribution in [2.75, 3.05) is 17.7 Å². The van der Waals surface area contributed by atoms with Gasteiger partial charge in [-0.15, -0.1) is 16.4 Å². The molecule has 1 N–H and O–H groups in total. The van der Waals surface area contributed by atoms with Crippen LogP contribution in [0.3, 0.4) is 0 Å². The summed E-state index contributed by atoms with van der Waals surface area (Å²) in [7, 11) is 0. The number of carbonyl (C=O) groups excluding carboxylic acids is 2. The second kappa shape index (κ2) is 8.98. The number of aryl methyl sites for hydroxylation is 2. The first-order valence-corrected chi connectivity index (χ1v) is 10.3. The Hall–Kier alpha value is -2.72. The number of esters is 1. The van der Waals surface area contributed by atoms with Crippen molar-refractivity contribution in [2.45, 2.75) is 25.9 Å². The zero-order chi connectivity index (χ0) is 20.1. The minimum Gasteiger partial charge on any atom is -0.462 e. The molecular formula is C18H19N5O3S2. The van der Waals surface area contributed by atoms with E-state index in [1.54, 1.807) is 17.7 Å². The molecule has 1 aromatic carbocycles. The minimum atomic E-state index is -0.378. The Morgan fingerprint density at radius 2 is 2.11 bits per heavy atom. The number of rotatable bonds is 7. The van der Waals surface area contributed by atoms with Gasteiger partial charge in [-0.1, -0.05) is 23.9 Å². The number of hydrogen-bond donors (Lipinski definition) is 1. The average molecular weight is 418 g/mol. The first-order chi connectivity index (χ1) is 13.5. The number of tetrazole rings is 1. The van der Waals surface area contributed by atoms with Crippen LogP contribution in [0.5, 0.6) is 0 Å². The molecule has 0 aliphatic carbocycles. The highest BCUT2D eigenvalue weighted by Gasteiger charge is 2.17. The molecule has 0 unspecified atom stereocenters. The van der Waals surface area contributed by atoms with Crippen LogP contribution >= 0.6 is 23.1 Å². The average Bonchev–Trinajstić information content (AvgIpc) is 3.26. The van der Waals surface area contributed by atoms with Crippen LogP contribution in [-0.2, 0) is 9.53 Å². The highest BCUT2D eigenvalue weighted by molar-refractivity contribution is 7.99. The van der Waals surface area contributed by atoms with Gasteiger partial charge in [0.2, 0.25) is 11.1 Å². The van der Waals surface area contributed by atoms with Crippen LogP contribution in [0.25, 0.3) is 5.69 Å². The van der Waals surface area contributed by atoms with Gasteiger partial charge < -0.3 is 10.1 Å². The van der Waals surface area contributed by atoms with Gasteiger partial charge in [0.1, 0.15) is 4.88 Å². The van der Waals surface area contributed by atoms with Crippen LogP contribution in [0.1, 0.15) is 27.7 Å². The lowest BCUT2D eigenvalue weighted by atomic mass is 10.2. The van der Waals surface area contributed by atoms with E-state index < -0.39 is 0 Å². The van der Waals surface area contributed by atoms with Gasteiger partial charge in [0.25, 0.3) is 0 Å². The molecule has 3 aromatic rings. The SMILES string of the molecule is CCOC(=O)c1sc(NC(=O)CSc2nnnn2-c2cccc(C)c2)cc1C. The Kier molecular flexibility index (Phi) is 6.42. The lowest BCUT2D eigenvalue weighted by Gasteiger charge is -2.05. The fourth-order valence-electron chi connectivity index (χ4n) is 2.44. The van der Waals surface area contributed by atoms with Crippen molar-refractivity contribution in [3.63, 3.8) is 0 Å². The summed E-state index contributed by atoms with van der Waals surface area (Å²) in [5.41, 5.74) is 2.70. The third kappa shape index (κ3) is 4.76. The monoisotopic (exact) mass is 417 g/mol. The second-order valence-electron chi connectivity index (χ2n) is 5.89. The van der Waals surface area contributed by atoms with E-state index in [4.69, 9.17) is 4.74 Å². The largest absolute Gasteiger partial charge is 0.462 e. The Labute approximate surface area is 170 Å². The number of amides is 1. The summed E-state index contributed by atoms with van der Waals surface area (Å²) in [5, 5.41) is 15.6. The van der Waals surface area contributed by atoms with E-state index >= 15 is 0 Å². The predicted octanol–water partition coefficient (Wildman–Crippen LogP) is 3.25. The lowest BCUT2D eigenvalue weighted by molar-refractivity contribution is -0.113. The van der Waals surface area contributed by atoms with E-state index in [9.17, 15) is 9.59 Å². The van der Waals surface area contributed by atoms with Gasteiger partial charge in [-0.2, -0.15) is 4.68 Å². The summed E-state index contributed by atoms with van der Waals surface area (Å²) < 4.78 is 6.61. The van der Waals surface area contributed by atoms with Crippen LogP contribution in [0.4, 0.5) is 5.00 Å². The molecule has 3 rings (SSSR count). The number of anilines is 1. The van der Waals surface area contributed by atoms with E-state index in [0.29, 0.717) is 21.6 Å². The quantitative estimate of drug-likeness (QED) is 0.465. The van der Waals surface area contributed by atoms with Gasteiger partial charge in [0.15, 0.2) is 0 Å². The van der Waals surface area contributed by atoms with Gasteiger partial charge in [0, 0.05) is 0 Å². The van der Waals surface area contributed by atoms with E-state index in [-0.39, 0.29) is 17.6 Å². The third-order valence-electron chi connectivity index (χ3n) is 3.66. The Morgan fingerprint density at radius 3 is 2.86 bits per heavy atom. The van der Waals surface area contributed by atoms with Crippen molar-refractivity contribution in [3.8, 4) is 5.69 Å². The minimum absolute atomic E-state index is 0.137. The fraction of sp³-hybridized carbons (Fsp3) is 0.278. The number of hydrogen-bond acceptors (Lipinski definition) is 8. The molecule has 1 amide bonds. The van der Waals surface area contributed by atoms with Crippen molar-refractivity contribution in [3.05, 3.63) is 46.3 Å². The number of ether oxygens (including phenoxy) is 1. The molecule has 0 aliphatic heterocycles. The van der Waals surface area contributed by atoms with Crippen molar-refractivity contribution >= 4 is 40.0 Å². The fourth-order valence-corrected chi connectivity index (χ4v) is 4.11. The molecule has 0 saturated heterocycles. The maximum absolute atomic E-state index is 12.3. The van der Waals surface area contributed by atoms with Crippen LogP contribution < -0.4 is 5.32 Å². The van der Waals surface area contributed by atoms with E-state index in [2.05, 4.69) is 20.8 Å². The van der Waals surface area contributed by atoms with Crippen LogP contribution in [0, 0.1) is 13.8 Å². The summed E-state index contributed by atoms with van der Waals surface area (Å²) in [6, 6.07) is 9.54. The molecule has 28 heavy (non-hydrogen) atoms. The molecule has 2 aromatic heterocycles. The molecule has 0 atom stereocenters. The lowest BCUT2D eigenvalue weighted by Crippen LogP contribution is -2.13. The summed E-state index contributed by atoms with van der Waals surface area (Å²) in [6.07, 6.45) is 0. The molecule has 2 heterocycles. The maximum atomic E-state index is 12.3. The van der Waals surface area contributed by atoms with Gasteiger partial charge >= 0.3 is 5.97 Å². The first kappa shape index (κ1) is 20.0. The van der Waals surface area contributed by atoms with Crippen molar-refractivity contribution in [2.24, 2.45) is 0 Å². The second-order valence-corrected chi connectivity index (χ2v) is 7.89. The highest BCUT2D eigenvalue weighted by Crippen LogP contribution is 2.28. The van der Waals surface area contributed by atoms with E-state index in [1.165, 1.54) is 23.1 Å². The van der Waals surface area contributed by atoms with Crippen LogP contribution in [0.2, 0.25) is 0 Å². The Balaban J connectivity index is 1.62. The molecule has 8 nitrogen and oxygen atoms in total. The smallest absolute Gasteiger partial charge is 0.348 e. The number of thiophene rings is 1. The Bertz CT molecular complexity index is 999. The molecule has 0 spiro atoms. The summed E-state index contributed by atoms with van der Waals surface area (Å²) in [5.74, 6) is -0.449. The van der Waals surface area contributed by atoms with Crippen molar-refractivity contribution in [1.82, 2.24) is 20.2 Å². The molecule has 0 aliphatic rings. The highest BCUT2D eigenvalue weighted by atomic mass is 32.2. The van der Waals surface area contributed by atoms with Crippen molar-refractivity contribution < 1.29 is 14.3 Å². The number of nitrogens with one attached hydrogen (secondary N) is 1. The first-order valence-electron chi connectivity index (χ1n) is 8.53. The number of thioether (sulfide) groups is 1. The maximum Gasteiger partial charge on any atom is 0.348 e. The van der Waals surface area contributed by atoms with Gasteiger partial charge in [0.05, 0.1) is 23.0 Å². The molecule has 0 fully saturated rings. The van der Waals surface area contributed by atoms with E-state index in [0.717, 1.165) is 16.8 Å². The number of aromatic nitrogens is 4. The molecule has 0 saturated carbocycles. The summed E-state index contributed by atoms with van der Waals surface area (Å²) in [6.45, 7) is 5.86. The molecule has 0 radical (unpaired) electrons. The molecule has 146 valence electrons. The van der Waals surface area contributed by atoms with E-state index in [1.807, 2.05) is 38.1 Å². The number of nitrogens with zero attached hydrogens (tertiary/aromatic N) is 4. The number of benzene rings is 1. The van der Waals surface area contributed by atoms with Crippen LogP contribution in [-0.4, -0.2) is 44.4 Å². The topological polar surface area (TPSA) is 99.0 Å². The molecular weight excluding hydrogens is 398 g/mol. The number of carbonyl (C=O) groups is 2. The predicted molar refractivity (Wildman–Crippen MR) is 108 cm³/mol. The zero-order valence-corrected chi connectivity index (χ0v) is 17.3. The summed E-state index contributed by atoms with van der Waals surface area (Å²) in [4.78, 5) is 24.7. The van der Waals surface area contributed by atoms with Crippen LogP contribution in [0.15, 0.2) is 35.5 Å². The van der Waals surface area contributed by atoms with Gasteiger partial charge in [-0.05, 0) is 60.5 Å². The third-order valence-corrected chi connectivity index (χ3v) is 5.71. The van der Waals surface area contributed by atoms with Crippen molar-refractivity contribution in [1.29, 1.82) is 0 Å². The normalized spacial score (nSPS) is 10.7. The Morgan fingerprint density at radius 1 is 1.29 bits per heavy atom. The standard InChI is InChI=1S/C18H19N5O3S2/c1-4-26-17(25)16-12(3)9-15(28-16)19-14(24)10-27-18-20-21-22-23(18)13-7-5-6-11(2)8-13/h5-9H,4,10H2,1-3H3,(H,19,24). The molecule has 10 heteroatoms. The summed E-state index contributed by atoms with van der Waals surface area (Å²) >= 11 is 2.43. The van der Waals surface area contributed by atoms with Gasteiger partial charge in [-0.3, -0.25) is 4.79 Å². The zero-order valence-electron chi connectivity index (χ0n) is 15.6. The van der Waals surface area contributed by atoms with Gasteiger partial charge in [-0.25, -0.2) is 4.79 Å². The molecule has 0 bridgehead atoms.